The quantitative estimate of drug-likeness (QED) is 0.0602. The lowest BCUT2D eigenvalue weighted by molar-refractivity contribution is -0.143. The first kappa shape index (κ1) is 53.3. The number of nitrogens with one attached hydrogen (secondary N) is 1. The average molecular weight is 1080 g/mol. The zero-order valence-electron chi connectivity index (χ0n) is 37.5. The number of carboxylic acid groups (broad SMARTS) is 1. The summed E-state index contributed by atoms with van der Waals surface area (Å²) >= 11 is 6.59. The Hall–Kier alpha value is -6.47. The summed E-state index contributed by atoms with van der Waals surface area (Å²) in [5, 5.41) is 18.2. The van der Waals surface area contributed by atoms with Crippen LogP contribution in [0.15, 0.2) is 42.5 Å². The van der Waals surface area contributed by atoms with Gasteiger partial charge in [0, 0.05) is 47.4 Å². The van der Waals surface area contributed by atoms with E-state index in [1.807, 2.05) is 0 Å². The molecule has 1 unspecified atom stereocenters. The Morgan fingerprint density at radius 3 is 2.22 bits per heavy atom. The fourth-order valence-electron chi connectivity index (χ4n) is 8.19. The smallest absolute Gasteiger partial charge is 0.435 e. The molecule has 2 N–H and O–H groups in total. The number of hydrogen-bond donors (Lipinski definition) is 3. The molecule has 7 rings (SSSR count). The van der Waals surface area contributed by atoms with Gasteiger partial charge in [-0.1, -0.05) is 23.6 Å². The van der Waals surface area contributed by atoms with Gasteiger partial charge < -0.3 is 15.3 Å². The van der Waals surface area contributed by atoms with Crippen molar-refractivity contribution < 1.29 is 80.2 Å². The van der Waals surface area contributed by atoms with Crippen molar-refractivity contribution in [3.05, 3.63) is 98.7 Å². The maximum atomic E-state index is 15.6. The van der Waals surface area contributed by atoms with Crippen LogP contribution in [0.3, 0.4) is 0 Å². The third-order valence-electron chi connectivity index (χ3n) is 11.9. The van der Waals surface area contributed by atoms with Crippen LogP contribution >= 0.6 is 11.6 Å². The number of rotatable bonds is 14. The molecule has 0 bridgehead atoms. The Morgan fingerprint density at radius 1 is 1.00 bits per heavy atom. The number of thiol groups is 1. The number of hydrogen-bond acceptors (Lipinski definition) is 10. The summed E-state index contributed by atoms with van der Waals surface area (Å²) in [7, 11) is -6.91. The van der Waals surface area contributed by atoms with Crippen molar-refractivity contribution >= 4 is 61.1 Å². The molecule has 386 valence electrons. The molecule has 0 radical (unpaired) electrons. The second-order valence-electron chi connectivity index (χ2n) is 17.5. The predicted molar refractivity (Wildman–Crippen MR) is 234 cm³/mol. The highest BCUT2D eigenvalue weighted by molar-refractivity contribution is 7.92. The topological polar surface area (TPSA) is 207 Å². The fraction of sp³-hybridized carbons (Fsp3) is 0.395. The molecular formula is C43H37ClF10N8O8S2. The highest BCUT2D eigenvalue weighted by Gasteiger charge is 2.68. The fourth-order valence-corrected chi connectivity index (χ4v) is 9.19. The van der Waals surface area contributed by atoms with Crippen LogP contribution in [-0.4, -0.2) is 104 Å². The molecule has 0 saturated heterocycles. The van der Waals surface area contributed by atoms with E-state index in [1.54, 1.807) is 0 Å². The van der Waals surface area contributed by atoms with Crippen LogP contribution in [0.2, 0.25) is 5.02 Å². The third kappa shape index (κ3) is 10.8. The lowest BCUT2D eigenvalue weighted by Gasteiger charge is -2.23. The molecule has 2 aromatic carbocycles. The maximum absolute atomic E-state index is 15.6. The molecule has 5 aromatic rings. The third-order valence-corrected chi connectivity index (χ3v) is 14.9. The van der Waals surface area contributed by atoms with Crippen molar-refractivity contribution in [2.24, 2.45) is 5.92 Å². The lowest BCUT2D eigenvalue weighted by atomic mass is 9.93. The Labute approximate surface area is 407 Å². The first-order chi connectivity index (χ1) is 33.2. The molecule has 0 aliphatic heterocycles. The van der Waals surface area contributed by atoms with Gasteiger partial charge in [-0.15, -0.1) is 0 Å². The van der Waals surface area contributed by atoms with E-state index < -0.39 is 163 Å². The summed E-state index contributed by atoms with van der Waals surface area (Å²) in [4.78, 5) is 43.5. The molecule has 16 nitrogen and oxygen atoms in total. The summed E-state index contributed by atoms with van der Waals surface area (Å²) in [6, 6.07) is 4.84. The molecule has 1 fully saturated rings. The first-order valence-corrected chi connectivity index (χ1v) is 24.3. The minimum absolute atomic E-state index is 0.102. The number of alkyl halides is 8. The zero-order valence-corrected chi connectivity index (χ0v) is 39.9. The van der Waals surface area contributed by atoms with Gasteiger partial charge in [-0.3, -0.25) is 19.0 Å². The van der Waals surface area contributed by atoms with Crippen LogP contribution in [0.5, 0.6) is 0 Å². The minimum Gasteiger partial charge on any atom is -0.465 e. The van der Waals surface area contributed by atoms with Gasteiger partial charge in [0.15, 0.2) is 15.5 Å². The van der Waals surface area contributed by atoms with Crippen LogP contribution in [0, 0.1) is 29.4 Å². The Morgan fingerprint density at radius 2 is 1.64 bits per heavy atom. The molecule has 3 aromatic heterocycles. The molecule has 29 heteroatoms. The van der Waals surface area contributed by atoms with Crippen LogP contribution < -0.4 is 5.32 Å². The minimum atomic E-state index is -5.23. The molecule has 3 amide bonds. The van der Waals surface area contributed by atoms with E-state index in [0.717, 1.165) is 49.7 Å². The van der Waals surface area contributed by atoms with Crippen molar-refractivity contribution in [3.63, 3.8) is 0 Å². The predicted octanol–water partition coefficient (Wildman–Crippen LogP) is 6.76. The van der Waals surface area contributed by atoms with Gasteiger partial charge in [0.25, 0.3) is 11.8 Å². The lowest BCUT2D eigenvalue weighted by Crippen LogP contribution is -2.39. The van der Waals surface area contributed by atoms with Gasteiger partial charge in [0.1, 0.15) is 47.4 Å². The highest BCUT2D eigenvalue weighted by atomic mass is 35.5. The number of pyridine rings is 1. The SMILES string of the molecule is CN(CC(=O)N(Cc1nn(CC(F)(F)F)c2c(-c3ccc(C#CC(C)(C)S(C)(=O)=O)nc3C(Cc3cc(F)cc(F)c3)NC(=O)Cn3nc(C(F)(F)F)c4c3C(F)(F)[C@@H]3C[C@H]43)ccc(Cl)c12)[SH](=O)=O)C(=O)O. The van der Waals surface area contributed by atoms with E-state index >= 15 is 8.78 Å². The maximum Gasteiger partial charge on any atom is 0.435 e. The van der Waals surface area contributed by atoms with Crippen molar-refractivity contribution in [2.45, 2.75) is 81.3 Å². The van der Waals surface area contributed by atoms with Crippen LogP contribution in [0.25, 0.3) is 22.0 Å². The molecule has 1 saturated carbocycles. The number of aromatic nitrogens is 5. The highest BCUT2D eigenvalue weighted by Crippen LogP contribution is 2.68. The van der Waals surface area contributed by atoms with Gasteiger partial charge in [-0.2, -0.15) is 45.3 Å². The summed E-state index contributed by atoms with van der Waals surface area (Å²) in [5.74, 6) is -6.45. The molecule has 3 heterocycles. The Balaban J connectivity index is 1.45. The number of amides is 3. The molecular weight excluding hydrogens is 1050 g/mol. The summed E-state index contributed by atoms with van der Waals surface area (Å²) in [6.45, 7) is -2.91. The van der Waals surface area contributed by atoms with Crippen LogP contribution in [0.4, 0.5) is 48.7 Å². The number of halogens is 11. The Kier molecular flexibility index (Phi) is 14.0. The van der Waals surface area contributed by atoms with Crippen LogP contribution in [0.1, 0.15) is 71.8 Å². The number of benzene rings is 2. The molecule has 2 aliphatic rings. The van der Waals surface area contributed by atoms with Gasteiger partial charge in [0.2, 0.25) is 16.8 Å². The monoisotopic (exact) mass is 1080 g/mol. The number of fused-ring (bicyclic) bond motifs is 4. The van der Waals surface area contributed by atoms with Crippen molar-refractivity contribution in [1.82, 2.24) is 39.1 Å². The van der Waals surface area contributed by atoms with Gasteiger partial charge >= 0.3 is 18.4 Å². The Bertz CT molecular complexity index is 3300. The second-order valence-corrected chi connectivity index (χ2v) is 21.4. The van der Waals surface area contributed by atoms with E-state index in [0.29, 0.717) is 15.6 Å². The molecule has 3 atom stereocenters. The van der Waals surface area contributed by atoms with E-state index in [9.17, 15) is 71.4 Å². The van der Waals surface area contributed by atoms with Gasteiger partial charge in [0.05, 0.1) is 34.5 Å². The number of likely N-dealkylation sites (N-methyl/N-ethyl adjacent to an activating group) is 1. The largest absolute Gasteiger partial charge is 0.465 e. The number of sulfone groups is 1. The van der Waals surface area contributed by atoms with Crippen molar-refractivity contribution in [2.75, 3.05) is 19.8 Å². The first-order valence-electron chi connectivity index (χ1n) is 20.9. The van der Waals surface area contributed by atoms with E-state index in [2.05, 4.69) is 32.3 Å². The van der Waals surface area contributed by atoms with Gasteiger partial charge in [-0.05, 0) is 74.4 Å². The van der Waals surface area contributed by atoms with Gasteiger partial charge in [-0.25, -0.2) is 39.7 Å². The summed E-state index contributed by atoms with van der Waals surface area (Å²) < 4.78 is 195. The zero-order chi connectivity index (χ0) is 53.4. The number of nitrogens with zero attached hydrogens (tertiary/aromatic N) is 7. The van der Waals surface area contributed by atoms with E-state index in [-0.39, 0.29) is 42.8 Å². The van der Waals surface area contributed by atoms with E-state index in [4.69, 9.17) is 11.6 Å². The second kappa shape index (κ2) is 18.9. The average Bonchev–Trinajstić information content (AvgIpc) is 3.76. The van der Waals surface area contributed by atoms with Crippen molar-refractivity contribution in [3.8, 4) is 23.0 Å². The summed E-state index contributed by atoms with van der Waals surface area (Å²) in [6.07, 6.45) is -12.1. The van der Waals surface area contributed by atoms with Crippen LogP contribution in [-0.2, 0) is 68.5 Å². The molecule has 2 aliphatic carbocycles. The molecule has 72 heavy (non-hydrogen) atoms. The number of carbonyl (C=O) groups is 3. The normalized spacial score (nSPS) is 16.7. The standard InChI is InChI=1S/C43H37ClF10N8O8S2/c1-40(2,72(4,69)70)10-9-23-5-6-24(25-7-8-28(44)34-30(57-61(36(25)34)19-41(47,48)49)16-62(71(67)68)32(64)18-59(3)39(65)66)35(55-23)29(13-20-11-21(45)14-22(46)12-20)56-31(63)17-60-38-33(37(58-60)43(52,53)54)26-15-27(26)42(38,50)51/h5-8,11-12,14,26-27,29,71H,13,15-19H2,1-4H3,(H,56,63)(H,65,66)/t26-,27+,29?/m0/s1. The molecule has 0 spiro atoms. The van der Waals surface area contributed by atoms with E-state index in [1.165, 1.54) is 13.8 Å². The van der Waals surface area contributed by atoms with Crippen molar-refractivity contribution in [1.29, 1.82) is 0 Å². The number of carbonyl (C=O) groups excluding carboxylic acids is 2. The summed E-state index contributed by atoms with van der Waals surface area (Å²) in [5.41, 5.74) is -6.30.